The van der Waals surface area contributed by atoms with Crippen molar-refractivity contribution in [3.8, 4) is 0 Å². The number of likely N-dealkylation sites (tertiary alicyclic amines) is 1. The van der Waals surface area contributed by atoms with Crippen LogP contribution in [-0.2, 0) is 9.59 Å². The molecule has 0 radical (unpaired) electrons. The van der Waals surface area contributed by atoms with E-state index in [0.717, 1.165) is 19.3 Å². The van der Waals surface area contributed by atoms with Gasteiger partial charge in [-0.1, -0.05) is 27.7 Å². The summed E-state index contributed by atoms with van der Waals surface area (Å²) in [5.74, 6) is 0.574. The second-order valence-electron chi connectivity index (χ2n) is 6.50. The van der Waals surface area contributed by atoms with Crippen molar-refractivity contribution in [2.24, 2.45) is 17.6 Å². The van der Waals surface area contributed by atoms with E-state index in [4.69, 9.17) is 5.73 Å². The number of rotatable bonds is 5. The van der Waals surface area contributed by atoms with Crippen LogP contribution in [0.5, 0.6) is 0 Å². The van der Waals surface area contributed by atoms with E-state index < -0.39 is 6.04 Å². The van der Waals surface area contributed by atoms with Crippen LogP contribution < -0.4 is 11.1 Å². The fraction of sp³-hybridized carbons (Fsp3) is 0.867. The van der Waals surface area contributed by atoms with E-state index in [2.05, 4.69) is 19.2 Å². The van der Waals surface area contributed by atoms with Crippen LogP contribution in [0.2, 0.25) is 0 Å². The third kappa shape index (κ3) is 5.12. The highest BCUT2D eigenvalue weighted by molar-refractivity contribution is 5.82. The molecular formula is C15H29N3O2. The zero-order chi connectivity index (χ0) is 15.3. The van der Waals surface area contributed by atoms with E-state index in [1.165, 1.54) is 0 Å². The highest BCUT2D eigenvalue weighted by Gasteiger charge is 2.27. The Balaban J connectivity index is 2.38. The van der Waals surface area contributed by atoms with Gasteiger partial charge in [0.25, 0.3) is 0 Å². The maximum absolute atomic E-state index is 12.2. The van der Waals surface area contributed by atoms with Crippen molar-refractivity contribution < 1.29 is 9.59 Å². The first-order chi connectivity index (χ1) is 9.31. The normalized spacial score (nSPS) is 18.4. The highest BCUT2D eigenvalue weighted by Crippen LogP contribution is 2.14. The minimum atomic E-state index is -0.392. The van der Waals surface area contributed by atoms with Crippen molar-refractivity contribution >= 4 is 11.8 Å². The SMILES string of the molecule is CC(C)C[C@@H](N)C(=O)N1CCC(NC(=O)C(C)C)CC1. The average molecular weight is 283 g/mol. The van der Waals surface area contributed by atoms with Gasteiger partial charge in [-0.3, -0.25) is 9.59 Å². The van der Waals surface area contributed by atoms with Crippen molar-refractivity contribution in [3.05, 3.63) is 0 Å². The molecule has 2 amide bonds. The molecule has 1 saturated heterocycles. The van der Waals surface area contributed by atoms with Gasteiger partial charge in [-0.15, -0.1) is 0 Å². The van der Waals surface area contributed by atoms with Crippen molar-refractivity contribution in [2.75, 3.05) is 13.1 Å². The maximum Gasteiger partial charge on any atom is 0.239 e. The molecule has 1 atom stereocenters. The van der Waals surface area contributed by atoms with Crippen LogP contribution in [0.1, 0.15) is 47.0 Å². The first-order valence-electron chi connectivity index (χ1n) is 7.66. The third-order valence-corrected chi connectivity index (χ3v) is 3.72. The van der Waals surface area contributed by atoms with Crippen molar-refractivity contribution in [2.45, 2.75) is 59.0 Å². The number of amides is 2. The minimum Gasteiger partial charge on any atom is -0.353 e. The Morgan fingerprint density at radius 2 is 1.75 bits per heavy atom. The van der Waals surface area contributed by atoms with Crippen molar-refractivity contribution in [1.82, 2.24) is 10.2 Å². The molecule has 0 saturated carbocycles. The van der Waals surface area contributed by atoms with Gasteiger partial charge in [0.1, 0.15) is 0 Å². The van der Waals surface area contributed by atoms with Gasteiger partial charge in [0, 0.05) is 25.0 Å². The van der Waals surface area contributed by atoms with Crippen molar-refractivity contribution in [1.29, 1.82) is 0 Å². The van der Waals surface area contributed by atoms with Gasteiger partial charge in [0.15, 0.2) is 0 Å². The van der Waals surface area contributed by atoms with Crippen LogP contribution in [-0.4, -0.2) is 41.9 Å². The van der Waals surface area contributed by atoms with Crippen LogP contribution in [0.4, 0.5) is 0 Å². The number of hydrogen-bond donors (Lipinski definition) is 2. The van der Waals surface area contributed by atoms with E-state index in [1.807, 2.05) is 18.7 Å². The molecule has 1 rings (SSSR count). The minimum absolute atomic E-state index is 0.00845. The summed E-state index contributed by atoms with van der Waals surface area (Å²) in [6.07, 6.45) is 2.36. The lowest BCUT2D eigenvalue weighted by Crippen LogP contribution is -2.51. The van der Waals surface area contributed by atoms with E-state index in [9.17, 15) is 9.59 Å². The second-order valence-corrected chi connectivity index (χ2v) is 6.50. The number of hydrogen-bond acceptors (Lipinski definition) is 3. The molecule has 0 bridgehead atoms. The molecule has 20 heavy (non-hydrogen) atoms. The number of nitrogens with one attached hydrogen (secondary N) is 1. The predicted octanol–water partition coefficient (Wildman–Crippen LogP) is 1.12. The zero-order valence-electron chi connectivity index (χ0n) is 13.2. The fourth-order valence-electron chi connectivity index (χ4n) is 2.46. The second kappa shape index (κ2) is 7.62. The number of carbonyl (C=O) groups excluding carboxylic acids is 2. The average Bonchev–Trinajstić information content (AvgIpc) is 2.37. The van der Waals surface area contributed by atoms with Gasteiger partial charge in [-0.25, -0.2) is 0 Å². The van der Waals surface area contributed by atoms with Gasteiger partial charge in [-0.05, 0) is 25.2 Å². The molecule has 5 heteroatoms. The molecule has 3 N–H and O–H groups in total. The highest BCUT2D eigenvalue weighted by atomic mass is 16.2. The third-order valence-electron chi connectivity index (χ3n) is 3.72. The monoisotopic (exact) mass is 283 g/mol. The molecule has 1 heterocycles. The summed E-state index contributed by atoms with van der Waals surface area (Å²) in [6, 6.07) is -0.202. The summed E-state index contributed by atoms with van der Waals surface area (Å²) >= 11 is 0. The Morgan fingerprint density at radius 3 is 2.20 bits per heavy atom. The zero-order valence-corrected chi connectivity index (χ0v) is 13.2. The molecule has 1 aliphatic heterocycles. The van der Waals surface area contributed by atoms with Gasteiger partial charge in [0.05, 0.1) is 6.04 Å². The number of nitrogens with zero attached hydrogens (tertiary/aromatic N) is 1. The van der Waals surface area contributed by atoms with Gasteiger partial charge in [0.2, 0.25) is 11.8 Å². The Labute approximate surface area is 122 Å². The standard InChI is InChI=1S/C15H29N3O2/c1-10(2)9-13(16)15(20)18-7-5-12(6-8-18)17-14(19)11(3)4/h10-13H,5-9,16H2,1-4H3,(H,17,19)/t13-/m1/s1. The molecule has 5 nitrogen and oxygen atoms in total. The van der Waals surface area contributed by atoms with Crippen molar-refractivity contribution in [3.63, 3.8) is 0 Å². The van der Waals surface area contributed by atoms with Gasteiger partial charge >= 0.3 is 0 Å². The lowest BCUT2D eigenvalue weighted by atomic mass is 10.00. The molecule has 0 aromatic heterocycles. The smallest absolute Gasteiger partial charge is 0.239 e. The molecule has 1 fully saturated rings. The summed E-state index contributed by atoms with van der Waals surface area (Å²) in [4.78, 5) is 25.7. The summed E-state index contributed by atoms with van der Waals surface area (Å²) in [5, 5.41) is 3.03. The fourth-order valence-corrected chi connectivity index (χ4v) is 2.46. The van der Waals surface area contributed by atoms with E-state index in [-0.39, 0.29) is 23.8 Å². The molecule has 0 unspecified atom stereocenters. The van der Waals surface area contributed by atoms with Gasteiger partial charge in [-0.2, -0.15) is 0 Å². The van der Waals surface area contributed by atoms with Crippen LogP contribution in [0, 0.1) is 11.8 Å². The molecule has 0 spiro atoms. The van der Waals surface area contributed by atoms with Crippen LogP contribution in [0.15, 0.2) is 0 Å². The molecular weight excluding hydrogens is 254 g/mol. The summed E-state index contributed by atoms with van der Waals surface area (Å²) in [5.41, 5.74) is 5.94. The lowest BCUT2D eigenvalue weighted by molar-refractivity contribution is -0.134. The van der Waals surface area contributed by atoms with E-state index >= 15 is 0 Å². The van der Waals surface area contributed by atoms with Gasteiger partial charge < -0.3 is 16.0 Å². The Morgan fingerprint density at radius 1 is 1.20 bits per heavy atom. The maximum atomic E-state index is 12.2. The van der Waals surface area contributed by atoms with E-state index in [0.29, 0.717) is 19.0 Å². The number of carbonyl (C=O) groups is 2. The molecule has 116 valence electrons. The van der Waals surface area contributed by atoms with E-state index in [1.54, 1.807) is 0 Å². The van der Waals surface area contributed by atoms with Crippen LogP contribution in [0.25, 0.3) is 0 Å². The molecule has 0 aliphatic carbocycles. The van der Waals surface area contributed by atoms with Crippen LogP contribution >= 0.6 is 0 Å². The first-order valence-corrected chi connectivity index (χ1v) is 7.66. The largest absolute Gasteiger partial charge is 0.353 e. The Hall–Kier alpha value is -1.10. The molecule has 1 aliphatic rings. The quantitative estimate of drug-likeness (QED) is 0.794. The molecule has 0 aromatic rings. The first kappa shape index (κ1) is 17.0. The number of nitrogens with two attached hydrogens (primary N) is 1. The Bertz CT molecular complexity index is 334. The number of piperidine rings is 1. The summed E-state index contributed by atoms with van der Waals surface area (Å²) < 4.78 is 0. The Kier molecular flexibility index (Phi) is 6.46. The predicted molar refractivity (Wildman–Crippen MR) is 80.0 cm³/mol. The summed E-state index contributed by atoms with van der Waals surface area (Å²) in [6.45, 7) is 9.29. The summed E-state index contributed by atoms with van der Waals surface area (Å²) in [7, 11) is 0. The lowest BCUT2D eigenvalue weighted by Gasteiger charge is -2.34. The topological polar surface area (TPSA) is 75.4 Å². The van der Waals surface area contributed by atoms with Crippen LogP contribution in [0.3, 0.4) is 0 Å². The molecule has 0 aromatic carbocycles.